The lowest BCUT2D eigenvalue weighted by molar-refractivity contribution is -0.117. The molecule has 0 radical (unpaired) electrons. The van der Waals surface area contributed by atoms with E-state index in [-0.39, 0.29) is 15.5 Å². The number of hydrogen-bond donors (Lipinski definition) is 3. The van der Waals surface area contributed by atoms with E-state index in [0.29, 0.717) is 5.56 Å². The monoisotopic (exact) mass is 397 g/mol. The smallest absolute Gasteiger partial charge is 0.242 e. The van der Waals surface area contributed by atoms with Crippen LogP contribution in [0.1, 0.15) is 12.5 Å². The number of sulfonamides is 2. The highest BCUT2D eigenvalue weighted by Crippen LogP contribution is 2.19. The molecule has 10 heteroatoms. The summed E-state index contributed by atoms with van der Waals surface area (Å²) in [5.41, 5.74) is 0.624. The summed E-state index contributed by atoms with van der Waals surface area (Å²) in [5.74, 6) is -0.645. The van der Waals surface area contributed by atoms with Gasteiger partial charge in [0.25, 0.3) is 0 Å². The van der Waals surface area contributed by atoms with E-state index >= 15 is 0 Å². The van der Waals surface area contributed by atoms with Gasteiger partial charge in [-0.15, -0.1) is 0 Å². The van der Waals surface area contributed by atoms with Crippen LogP contribution in [0.4, 0.5) is 5.69 Å². The number of nitrogens with two attached hydrogens (primary N) is 1. The molecule has 2 rings (SSSR count). The first kappa shape index (κ1) is 20.0. The van der Waals surface area contributed by atoms with E-state index in [1.54, 1.807) is 25.1 Å². The second-order valence-corrected chi connectivity index (χ2v) is 8.91. The van der Waals surface area contributed by atoms with Gasteiger partial charge in [0.15, 0.2) is 0 Å². The van der Waals surface area contributed by atoms with Crippen molar-refractivity contribution in [2.24, 2.45) is 5.14 Å². The van der Waals surface area contributed by atoms with Gasteiger partial charge in [-0.2, -0.15) is 4.72 Å². The second kappa shape index (κ2) is 7.54. The maximum absolute atomic E-state index is 12.2. The topological polar surface area (TPSA) is 135 Å². The van der Waals surface area contributed by atoms with Crippen LogP contribution in [0.2, 0.25) is 0 Å². The molecule has 26 heavy (non-hydrogen) atoms. The fraction of sp³-hybridized carbons (Fsp3) is 0.188. The molecule has 0 aliphatic rings. The van der Waals surface area contributed by atoms with E-state index in [0.717, 1.165) is 0 Å². The molecule has 1 atom stereocenters. The largest absolute Gasteiger partial charge is 0.325 e. The first-order chi connectivity index (χ1) is 12.0. The number of carbonyl (C=O) groups is 1. The minimum atomic E-state index is -3.94. The summed E-state index contributed by atoms with van der Waals surface area (Å²) in [6, 6.07) is 10.8. The molecule has 0 aromatic heterocycles. The molecular weight excluding hydrogens is 378 g/mol. The second-order valence-electron chi connectivity index (χ2n) is 5.67. The summed E-state index contributed by atoms with van der Waals surface area (Å²) in [7, 11) is -7.80. The number of amides is 1. The predicted molar refractivity (Wildman–Crippen MR) is 97.4 cm³/mol. The molecule has 1 amide bonds. The Morgan fingerprint density at radius 3 is 2.23 bits per heavy atom. The maximum atomic E-state index is 12.2. The van der Waals surface area contributed by atoms with Crippen LogP contribution in [0.15, 0.2) is 58.3 Å². The molecule has 2 aromatic carbocycles. The van der Waals surface area contributed by atoms with Crippen molar-refractivity contribution in [1.29, 1.82) is 0 Å². The lowest BCUT2D eigenvalue weighted by atomic mass is 10.2. The number of hydrogen-bond acceptors (Lipinski definition) is 5. The van der Waals surface area contributed by atoms with Gasteiger partial charge in [-0.05, 0) is 43.7 Å². The highest BCUT2D eigenvalue weighted by Gasteiger charge is 2.22. The predicted octanol–water partition coefficient (Wildman–Crippen LogP) is 0.948. The molecule has 0 aliphatic carbocycles. The standard InChI is InChI=1S/C16H19N3O5S2/c1-11-8-9-13(10-15(11)25(17,21)22)18-16(20)12(2)19-26(23,24)14-6-4-3-5-7-14/h3-10,12,19H,1-2H3,(H,18,20)(H2,17,21,22). The van der Waals surface area contributed by atoms with E-state index < -0.39 is 32.0 Å². The highest BCUT2D eigenvalue weighted by molar-refractivity contribution is 7.89. The zero-order valence-corrected chi connectivity index (χ0v) is 15.8. The van der Waals surface area contributed by atoms with E-state index in [9.17, 15) is 21.6 Å². The third kappa shape index (κ3) is 4.88. The Kier molecular flexibility index (Phi) is 5.81. The van der Waals surface area contributed by atoms with Crippen LogP contribution < -0.4 is 15.2 Å². The van der Waals surface area contributed by atoms with Gasteiger partial charge in [-0.25, -0.2) is 22.0 Å². The molecule has 0 heterocycles. The fourth-order valence-corrected chi connectivity index (χ4v) is 4.22. The third-order valence-corrected chi connectivity index (χ3v) is 6.15. The van der Waals surface area contributed by atoms with Crippen molar-refractivity contribution in [2.45, 2.75) is 29.7 Å². The highest BCUT2D eigenvalue weighted by atomic mass is 32.2. The van der Waals surface area contributed by atoms with Crippen LogP contribution in [0, 0.1) is 6.92 Å². The Hall–Kier alpha value is -2.27. The van der Waals surface area contributed by atoms with Gasteiger partial charge in [0.1, 0.15) is 0 Å². The minimum Gasteiger partial charge on any atom is -0.325 e. The quantitative estimate of drug-likeness (QED) is 0.667. The fourth-order valence-electron chi connectivity index (χ4n) is 2.19. The zero-order valence-electron chi connectivity index (χ0n) is 14.1. The molecule has 0 aliphatic heterocycles. The Morgan fingerprint density at radius 2 is 1.65 bits per heavy atom. The van der Waals surface area contributed by atoms with Crippen molar-refractivity contribution in [3.05, 3.63) is 54.1 Å². The van der Waals surface area contributed by atoms with E-state index in [1.165, 1.54) is 37.3 Å². The van der Waals surface area contributed by atoms with Gasteiger partial charge in [-0.1, -0.05) is 24.3 Å². The van der Waals surface area contributed by atoms with Crippen molar-refractivity contribution >= 4 is 31.6 Å². The Labute approximate surface area is 152 Å². The molecule has 0 bridgehead atoms. The van der Waals surface area contributed by atoms with Crippen LogP contribution >= 0.6 is 0 Å². The summed E-state index contributed by atoms with van der Waals surface area (Å²) in [4.78, 5) is 12.2. The number of primary sulfonamides is 1. The van der Waals surface area contributed by atoms with Gasteiger partial charge in [0.2, 0.25) is 26.0 Å². The lowest BCUT2D eigenvalue weighted by Crippen LogP contribution is -2.41. The molecule has 8 nitrogen and oxygen atoms in total. The average Bonchev–Trinajstić information content (AvgIpc) is 2.56. The molecule has 1 unspecified atom stereocenters. The van der Waals surface area contributed by atoms with E-state index in [1.807, 2.05) is 0 Å². The molecule has 0 saturated carbocycles. The lowest BCUT2D eigenvalue weighted by Gasteiger charge is -2.15. The van der Waals surface area contributed by atoms with Crippen LogP contribution in [-0.2, 0) is 24.8 Å². The van der Waals surface area contributed by atoms with Crippen molar-refractivity contribution in [1.82, 2.24) is 4.72 Å². The summed E-state index contributed by atoms with van der Waals surface area (Å²) in [6.07, 6.45) is 0. The maximum Gasteiger partial charge on any atom is 0.242 e. The van der Waals surface area contributed by atoms with Gasteiger partial charge < -0.3 is 5.32 Å². The number of rotatable bonds is 6. The number of nitrogens with one attached hydrogen (secondary N) is 2. The normalized spacial score (nSPS) is 13.2. The van der Waals surface area contributed by atoms with Crippen LogP contribution in [-0.4, -0.2) is 28.8 Å². The molecule has 4 N–H and O–H groups in total. The molecule has 0 spiro atoms. The van der Waals surface area contributed by atoms with Crippen LogP contribution in [0.3, 0.4) is 0 Å². The Morgan fingerprint density at radius 1 is 1.04 bits per heavy atom. The Bertz CT molecular complexity index is 1020. The summed E-state index contributed by atoms with van der Waals surface area (Å²) in [5, 5.41) is 7.60. The van der Waals surface area contributed by atoms with Crippen LogP contribution in [0.25, 0.3) is 0 Å². The van der Waals surface area contributed by atoms with E-state index in [4.69, 9.17) is 5.14 Å². The van der Waals surface area contributed by atoms with Gasteiger partial charge in [-0.3, -0.25) is 4.79 Å². The van der Waals surface area contributed by atoms with Crippen molar-refractivity contribution < 1.29 is 21.6 Å². The number of anilines is 1. The zero-order chi connectivity index (χ0) is 19.5. The van der Waals surface area contributed by atoms with Crippen LogP contribution in [0.5, 0.6) is 0 Å². The molecule has 2 aromatic rings. The average molecular weight is 397 g/mol. The van der Waals surface area contributed by atoms with Crippen molar-refractivity contribution in [2.75, 3.05) is 5.32 Å². The number of benzene rings is 2. The molecular formula is C16H19N3O5S2. The minimum absolute atomic E-state index is 0.0338. The number of aryl methyl sites for hydroxylation is 1. The number of carbonyl (C=O) groups excluding carboxylic acids is 1. The summed E-state index contributed by atoms with van der Waals surface area (Å²) < 4.78 is 49.8. The van der Waals surface area contributed by atoms with E-state index in [2.05, 4.69) is 10.0 Å². The first-order valence-corrected chi connectivity index (χ1v) is 10.6. The third-order valence-electron chi connectivity index (χ3n) is 3.54. The van der Waals surface area contributed by atoms with Crippen molar-refractivity contribution in [3.63, 3.8) is 0 Å². The SMILES string of the molecule is Cc1ccc(NC(=O)C(C)NS(=O)(=O)c2ccccc2)cc1S(N)(=O)=O. The molecule has 0 saturated heterocycles. The molecule has 140 valence electrons. The van der Waals surface area contributed by atoms with Crippen molar-refractivity contribution in [3.8, 4) is 0 Å². The summed E-state index contributed by atoms with van der Waals surface area (Å²) >= 11 is 0. The van der Waals surface area contributed by atoms with Gasteiger partial charge in [0, 0.05) is 5.69 Å². The molecule has 0 fully saturated rings. The van der Waals surface area contributed by atoms with Gasteiger partial charge >= 0.3 is 0 Å². The van der Waals surface area contributed by atoms with Gasteiger partial charge in [0.05, 0.1) is 15.8 Å². The summed E-state index contributed by atoms with van der Waals surface area (Å²) in [6.45, 7) is 2.95. The Balaban J connectivity index is 2.15. The first-order valence-electron chi connectivity index (χ1n) is 7.52.